The Kier molecular flexibility index (Phi) is 8.49. The average Bonchev–Trinajstić information content (AvgIpc) is 3.30. The monoisotopic (exact) mass is 442 g/mol. The summed E-state index contributed by atoms with van der Waals surface area (Å²) >= 11 is 1.73. The Labute approximate surface area is 189 Å². The molecular weight excluding hydrogens is 408 g/mol. The molecule has 1 amide bonds. The third-order valence-corrected chi connectivity index (χ3v) is 6.06. The molecule has 1 fully saturated rings. The first kappa shape index (κ1) is 23.3. The first-order valence-corrected chi connectivity index (χ1v) is 12.0. The third kappa shape index (κ3) is 6.80. The molecule has 1 saturated heterocycles. The van der Waals surface area contributed by atoms with Gasteiger partial charge in [0.15, 0.2) is 5.96 Å². The normalized spacial score (nSPS) is 20.4. The van der Waals surface area contributed by atoms with Gasteiger partial charge in [0.1, 0.15) is 0 Å². The Balaban J connectivity index is 1.56. The Hall–Kier alpha value is -2.38. The molecule has 168 valence electrons. The van der Waals surface area contributed by atoms with Crippen LogP contribution in [0.5, 0.6) is 0 Å². The van der Waals surface area contributed by atoms with Crippen molar-refractivity contribution in [1.29, 1.82) is 0 Å². The van der Waals surface area contributed by atoms with Crippen LogP contribution >= 0.6 is 11.3 Å². The minimum Gasteiger partial charge on any atom is -0.372 e. The molecule has 7 heteroatoms. The quantitative estimate of drug-likeness (QED) is 0.505. The lowest BCUT2D eigenvalue weighted by Crippen LogP contribution is -2.48. The molecule has 2 heterocycles. The van der Waals surface area contributed by atoms with Gasteiger partial charge in [0.25, 0.3) is 5.91 Å². The lowest BCUT2D eigenvalue weighted by Gasteiger charge is -2.35. The summed E-state index contributed by atoms with van der Waals surface area (Å²) in [5.41, 5.74) is 3.13. The molecule has 1 aliphatic heterocycles. The lowest BCUT2D eigenvalue weighted by atomic mass is 10.1. The molecule has 2 aromatic rings. The van der Waals surface area contributed by atoms with Crippen LogP contribution in [0.4, 0.5) is 0 Å². The van der Waals surface area contributed by atoms with Crippen molar-refractivity contribution in [3.05, 3.63) is 57.8 Å². The number of carbonyl (C=O) groups is 1. The number of aliphatic imine (C=N–C) groups is 1. The number of carbonyl (C=O) groups excluding carboxylic acids is 1. The molecule has 1 aromatic carbocycles. The Bertz CT molecular complexity index is 841. The van der Waals surface area contributed by atoms with Crippen LogP contribution in [0.25, 0.3) is 0 Å². The van der Waals surface area contributed by atoms with Crippen molar-refractivity contribution in [1.82, 2.24) is 15.5 Å². The Morgan fingerprint density at radius 3 is 2.52 bits per heavy atom. The molecule has 0 aliphatic carbocycles. The number of morpholine rings is 1. The molecular formula is C24H34N4O2S. The predicted octanol–water partition coefficient (Wildman–Crippen LogP) is 3.86. The lowest BCUT2D eigenvalue weighted by molar-refractivity contribution is -0.0586. The summed E-state index contributed by atoms with van der Waals surface area (Å²) in [6.45, 7) is 11.8. The maximum Gasteiger partial charge on any atom is 0.254 e. The minimum absolute atomic E-state index is 0.0643. The fraction of sp³-hybridized carbons (Fsp3) is 0.500. The van der Waals surface area contributed by atoms with E-state index in [2.05, 4.69) is 41.3 Å². The maximum atomic E-state index is 12.8. The van der Waals surface area contributed by atoms with E-state index in [9.17, 15) is 4.79 Å². The molecule has 0 saturated carbocycles. The second kappa shape index (κ2) is 11.3. The van der Waals surface area contributed by atoms with Crippen molar-refractivity contribution < 1.29 is 9.53 Å². The largest absolute Gasteiger partial charge is 0.372 e. The third-order valence-electron chi connectivity index (χ3n) is 5.36. The summed E-state index contributed by atoms with van der Waals surface area (Å²) in [4.78, 5) is 19.4. The van der Waals surface area contributed by atoms with Gasteiger partial charge in [0.2, 0.25) is 0 Å². The molecule has 3 rings (SSSR count). The predicted molar refractivity (Wildman–Crippen MR) is 128 cm³/mol. The molecule has 6 nitrogen and oxygen atoms in total. The van der Waals surface area contributed by atoms with Crippen LogP contribution in [0, 0.1) is 0 Å². The molecule has 1 aliphatic rings. The van der Waals surface area contributed by atoms with E-state index in [1.165, 1.54) is 5.56 Å². The minimum atomic E-state index is 0.0643. The molecule has 3 unspecified atom stereocenters. The average molecular weight is 443 g/mol. The van der Waals surface area contributed by atoms with Crippen LogP contribution in [-0.4, -0.2) is 55.2 Å². The molecule has 31 heavy (non-hydrogen) atoms. The van der Waals surface area contributed by atoms with Crippen LogP contribution in [0.3, 0.4) is 0 Å². The summed E-state index contributed by atoms with van der Waals surface area (Å²) in [7, 11) is 0. The smallest absolute Gasteiger partial charge is 0.254 e. The van der Waals surface area contributed by atoms with Gasteiger partial charge in [-0.15, -0.1) is 0 Å². The number of nitrogens with one attached hydrogen (secondary N) is 2. The standard InChI is InChI=1S/C24H34N4O2S/c1-5-25-24(26-12-17(2)22-10-11-31-16-22)27-13-20-6-8-21(9-7-20)23(29)28-14-18(3)30-19(4)15-28/h6-11,16-19H,5,12-15H2,1-4H3,(H2,25,26,27). The van der Waals surface area contributed by atoms with E-state index in [1.54, 1.807) is 11.3 Å². The number of benzene rings is 1. The molecule has 2 N–H and O–H groups in total. The van der Waals surface area contributed by atoms with E-state index >= 15 is 0 Å². The number of ether oxygens (including phenoxy) is 1. The van der Waals surface area contributed by atoms with Gasteiger partial charge in [-0.3, -0.25) is 4.79 Å². The zero-order valence-electron chi connectivity index (χ0n) is 18.9. The second-order valence-electron chi connectivity index (χ2n) is 8.20. The summed E-state index contributed by atoms with van der Waals surface area (Å²) in [5, 5.41) is 11.0. The van der Waals surface area contributed by atoms with Crippen LogP contribution in [-0.2, 0) is 11.3 Å². The van der Waals surface area contributed by atoms with Gasteiger partial charge in [0.05, 0.1) is 18.8 Å². The van der Waals surface area contributed by atoms with Crippen LogP contribution in [0.15, 0.2) is 46.1 Å². The summed E-state index contributed by atoms with van der Waals surface area (Å²) in [6, 6.07) is 9.94. The van der Waals surface area contributed by atoms with E-state index in [0.717, 1.165) is 24.6 Å². The van der Waals surface area contributed by atoms with E-state index in [0.29, 0.717) is 31.1 Å². The van der Waals surface area contributed by atoms with Gasteiger partial charge in [-0.05, 0) is 66.8 Å². The highest BCUT2D eigenvalue weighted by Crippen LogP contribution is 2.17. The van der Waals surface area contributed by atoms with Crippen LogP contribution in [0.1, 0.15) is 55.1 Å². The Morgan fingerprint density at radius 2 is 1.90 bits per heavy atom. The van der Waals surface area contributed by atoms with Crippen molar-refractivity contribution in [2.24, 2.45) is 4.99 Å². The number of hydrogen-bond acceptors (Lipinski definition) is 4. The summed E-state index contributed by atoms with van der Waals surface area (Å²) in [6.07, 6.45) is 0.140. The second-order valence-corrected chi connectivity index (χ2v) is 8.98. The zero-order chi connectivity index (χ0) is 22.2. The molecule has 0 radical (unpaired) electrons. The van der Waals surface area contributed by atoms with Crippen molar-refractivity contribution in [2.75, 3.05) is 26.2 Å². The van der Waals surface area contributed by atoms with Gasteiger partial charge in [-0.2, -0.15) is 11.3 Å². The first-order valence-electron chi connectivity index (χ1n) is 11.0. The SMILES string of the molecule is CCNC(=NCc1ccc(C(=O)N2CC(C)OC(C)C2)cc1)NCC(C)c1ccsc1. The zero-order valence-corrected chi connectivity index (χ0v) is 19.7. The first-order chi connectivity index (χ1) is 15.0. The highest BCUT2D eigenvalue weighted by Gasteiger charge is 2.26. The van der Waals surface area contributed by atoms with Crippen LogP contribution < -0.4 is 10.6 Å². The number of thiophene rings is 1. The van der Waals surface area contributed by atoms with Crippen molar-refractivity contribution in [3.63, 3.8) is 0 Å². The molecule has 0 spiro atoms. The van der Waals surface area contributed by atoms with Gasteiger partial charge in [0, 0.05) is 31.7 Å². The molecule has 0 bridgehead atoms. The van der Waals surface area contributed by atoms with Crippen molar-refractivity contribution in [2.45, 2.75) is 52.4 Å². The maximum absolute atomic E-state index is 12.8. The van der Waals surface area contributed by atoms with Gasteiger partial charge < -0.3 is 20.3 Å². The fourth-order valence-corrected chi connectivity index (χ4v) is 4.50. The van der Waals surface area contributed by atoms with Gasteiger partial charge in [-0.25, -0.2) is 4.99 Å². The fourth-order valence-electron chi connectivity index (χ4n) is 3.71. The van der Waals surface area contributed by atoms with Gasteiger partial charge >= 0.3 is 0 Å². The molecule has 1 aromatic heterocycles. The van der Waals surface area contributed by atoms with E-state index in [-0.39, 0.29) is 18.1 Å². The van der Waals surface area contributed by atoms with Crippen molar-refractivity contribution >= 4 is 23.2 Å². The molecule has 3 atom stereocenters. The number of nitrogens with zero attached hydrogens (tertiary/aromatic N) is 2. The summed E-state index contributed by atoms with van der Waals surface area (Å²) < 4.78 is 5.73. The number of guanidine groups is 1. The van der Waals surface area contributed by atoms with E-state index < -0.39 is 0 Å². The highest BCUT2D eigenvalue weighted by molar-refractivity contribution is 7.07. The summed E-state index contributed by atoms with van der Waals surface area (Å²) in [5.74, 6) is 1.29. The van der Waals surface area contributed by atoms with Crippen LogP contribution in [0.2, 0.25) is 0 Å². The van der Waals surface area contributed by atoms with Crippen molar-refractivity contribution in [3.8, 4) is 0 Å². The highest BCUT2D eigenvalue weighted by atomic mass is 32.1. The van der Waals surface area contributed by atoms with E-state index in [4.69, 9.17) is 9.73 Å². The van der Waals surface area contributed by atoms with Gasteiger partial charge in [-0.1, -0.05) is 19.1 Å². The number of hydrogen-bond donors (Lipinski definition) is 2. The van der Waals surface area contributed by atoms with E-state index in [1.807, 2.05) is 43.0 Å². The number of rotatable bonds is 7. The Morgan fingerprint density at radius 1 is 1.19 bits per heavy atom. The topological polar surface area (TPSA) is 66.0 Å². The number of amides is 1.